The monoisotopic (exact) mass is 328 g/mol. The second-order valence-corrected chi connectivity index (χ2v) is 7.66. The van der Waals surface area contributed by atoms with Crippen molar-refractivity contribution in [2.45, 2.75) is 20.3 Å². The molecule has 0 unspecified atom stereocenters. The van der Waals surface area contributed by atoms with Gasteiger partial charge in [0, 0.05) is 42.5 Å². The SMILES string of the molecule is Cc1cc(C(=O)N2CCN(CCc3ccccc3)CC2)c(C)s1. The van der Waals surface area contributed by atoms with Crippen LogP contribution in [0.3, 0.4) is 0 Å². The van der Waals surface area contributed by atoms with Gasteiger partial charge in [0.1, 0.15) is 0 Å². The number of thiophene rings is 1. The fourth-order valence-corrected chi connectivity index (χ4v) is 4.04. The zero-order valence-corrected chi connectivity index (χ0v) is 14.7. The maximum absolute atomic E-state index is 12.6. The predicted molar refractivity (Wildman–Crippen MR) is 96.3 cm³/mol. The molecule has 122 valence electrons. The van der Waals surface area contributed by atoms with Crippen LogP contribution < -0.4 is 0 Å². The van der Waals surface area contributed by atoms with E-state index in [9.17, 15) is 4.79 Å². The minimum absolute atomic E-state index is 0.203. The Morgan fingerprint density at radius 2 is 1.78 bits per heavy atom. The topological polar surface area (TPSA) is 23.6 Å². The van der Waals surface area contributed by atoms with Gasteiger partial charge in [-0.2, -0.15) is 0 Å². The van der Waals surface area contributed by atoms with Crippen molar-refractivity contribution >= 4 is 17.2 Å². The molecular formula is C19H24N2OS. The molecule has 1 fully saturated rings. The van der Waals surface area contributed by atoms with E-state index in [1.807, 2.05) is 17.9 Å². The van der Waals surface area contributed by atoms with Crippen LogP contribution in [0.25, 0.3) is 0 Å². The molecular weight excluding hydrogens is 304 g/mol. The number of amides is 1. The van der Waals surface area contributed by atoms with Gasteiger partial charge in [0.15, 0.2) is 0 Å². The highest BCUT2D eigenvalue weighted by Crippen LogP contribution is 2.22. The van der Waals surface area contributed by atoms with Crippen LogP contribution in [0.15, 0.2) is 36.4 Å². The molecule has 1 aromatic carbocycles. The maximum Gasteiger partial charge on any atom is 0.255 e. The normalized spacial score (nSPS) is 15.8. The van der Waals surface area contributed by atoms with Crippen LogP contribution in [0, 0.1) is 13.8 Å². The van der Waals surface area contributed by atoms with Crippen molar-refractivity contribution < 1.29 is 4.79 Å². The molecule has 1 amide bonds. The van der Waals surface area contributed by atoms with Crippen LogP contribution in [0.2, 0.25) is 0 Å². The Morgan fingerprint density at radius 3 is 2.39 bits per heavy atom. The molecule has 4 heteroatoms. The van der Waals surface area contributed by atoms with Crippen molar-refractivity contribution in [3.8, 4) is 0 Å². The summed E-state index contributed by atoms with van der Waals surface area (Å²) in [6.45, 7) is 8.80. The molecule has 3 nitrogen and oxygen atoms in total. The minimum Gasteiger partial charge on any atom is -0.336 e. The van der Waals surface area contributed by atoms with Crippen LogP contribution in [0.4, 0.5) is 0 Å². The summed E-state index contributed by atoms with van der Waals surface area (Å²) in [5, 5.41) is 0. The fourth-order valence-electron chi connectivity index (χ4n) is 3.12. The average Bonchev–Trinajstić information content (AvgIpc) is 2.92. The Hall–Kier alpha value is -1.65. The smallest absolute Gasteiger partial charge is 0.255 e. The van der Waals surface area contributed by atoms with Gasteiger partial charge in [-0.05, 0) is 31.9 Å². The summed E-state index contributed by atoms with van der Waals surface area (Å²) in [5.74, 6) is 0.203. The number of hydrogen-bond donors (Lipinski definition) is 0. The van der Waals surface area contributed by atoms with Crippen LogP contribution in [-0.2, 0) is 6.42 Å². The quantitative estimate of drug-likeness (QED) is 0.859. The van der Waals surface area contributed by atoms with Crippen molar-refractivity contribution in [3.63, 3.8) is 0 Å². The van der Waals surface area contributed by atoms with Gasteiger partial charge in [0.25, 0.3) is 5.91 Å². The number of benzene rings is 1. The lowest BCUT2D eigenvalue weighted by atomic mass is 10.1. The zero-order chi connectivity index (χ0) is 16.2. The van der Waals surface area contributed by atoms with E-state index in [0.717, 1.165) is 49.6 Å². The third-order valence-electron chi connectivity index (χ3n) is 4.49. The van der Waals surface area contributed by atoms with Gasteiger partial charge in [0.2, 0.25) is 0 Å². The Kier molecular flexibility index (Phi) is 5.13. The molecule has 0 saturated carbocycles. The minimum atomic E-state index is 0.203. The molecule has 0 bridgehead atoms. The van der Waals surface area contributed by atoms with Crippen LogP contribution in [0.5, 0.6) is 0 Å². The largest absolute Gasteiger partial charge is 0.336 e. The van der Waals surface area contributed by atoms with E-state index in [2.05, 4.69) is 42.2 Å². The van der Waals surface area contributed by atoms with Gasteiger partial charge in [-0.15, -0.1) is 11.3 Å². The Labute approximate surface area is 142 Å². The molecule has 1 saturated heterocycles. The first-order valence-corrected chi connectivity index (χ1v) is 9.08. The summed E-state index contributed by atoms with van der Waals surface area (Å²) in [7, 11) is 0. The molecule has 23 heavy (non-hydrogen) atoms. The molecule has 3 rings (SSSR count). The summed E-state index contributed by atoms with van der Waals surface area (Å²) < 4.78 is 0. The highest BCUT2D eigenvalue weighted by Gasteiger charge is 2.23. The Bertz CT molecular complexity index is 657. The van der Waals surface area contributed by atoms with Gasteiger partial charge in [0.05, 0.1) is 5.56 Å². The van der Waals surface area contributed by atoms with Gasteiger partial charge in [-0.25, -0.2) is 0 Å². The van der Waals surface area contributed by atoms with Crippen LogP contribution >= 0.6 is 11.3 Å². The number of carbonyl (C=O) groups excluding carboxylic acids is 1. The molecule has 1 aliphatic rings. The lowest BCUT2D eigenvalue weighted by Crippen LogP contribution is -2.49. The molecule has 1 aromatic heterocycles. The first kappa shape index (κ1) is 16.2. The Morgan fingerprint density at radius 1 is 1.09 bits per heavy atom. The van der Waals surface area contributed by atoms with Crippen molar-refractivity contribution in [2.75, 3.05) is 32.7 Å². The van der Waals surface area contributed by atoms with E-state index >= 15 is 0 Å². The standard InChI is InChI=1S/C19H24N2OS/c1-15-14-18(16(2)23-15)19(22)21-12-10-20(11-13-21)9-8-17-6-4-3-5-7-17/h3-7,14H,8-13H2,1-2H3. The Balaban J connectivity index is 1.50. The molecule has 0 aliphatic carbocycles. The second-order valence-electron chi connectivity index (χ2n) is 6.20. The second kappa shape index (κ2) is 7.28. The first-order chi connectivity index (χ1) is 11.1. The molecule has 2 aromatic rings. The van der Waals surface area contributed by atoms with E-state index in [1.165, 1.54) is 10.4 Å². The molecule has 0 N–H and O–H groups in total. The average molecular weight is 328 g/mol. The lowest BCUT2D eigenvalue weighted by Gasteiger charge is -2.34. The van der Waals surface area contributed by atoms with E-state index in [-0.39, 0.29) is 5.91 Å². The highest BCUT2D eigenvalue weighted by molar-refractivity contribution is 7.12. The van der Waals surface area contributed by atoms with Crippen molar-refractivity contribution in [1.82, 2.24) is 9.80 Å². The van der Waals surface area contributed by atoms with Crippen LogP contribution in [-0.4, -0.2) is 48.4 Å². The van der Waals surface area contributed by atoms with Gasteiger partial charge in [-0.3, -0.25) is 9.69 Å². The summed E-state index contributed by atoms with van der Waals surface area (Å²) in [5.41, 5.74) is 2.28. The van der Waals surface area contributed by atoms with Crippen LogP contribution in [0.1, 0.15) is 25.7 Å². The highest BCUT2D eigenvalue weighted by atomic mass is 32.1. The number of carbonyl (C=O) groups is 1. The summed E-state index contributed by atoms with van der Waals surface area (Å²) in [4.78, 5) is 19.5. The molecule has 1 aliphatic heterocycles. The number of nitrogens with zero attached hydrogens (tertiary/aromatic N) is 2. The van der Waals surface area contributed by atoms with E-state index in [1.54, 1.807) is 11.3 Å². The van der Waals surface area contributed by atoms with Gasteiger partial charge in [-0.1, -0.05) is 30.3 Å². The predicted octanol–water partition coefficient (Wildman–Crippen LogP) is 3.37. The third-order valence-corrected chi connectivity index (χ3v) is 5.46. The molecule has 0 spiro atoms. The number of hydrogen-bond acceptors (Lipinski definition) is 3. The molecule has 0 radical (unpaired) electrons. The first-order valence-electron chi connectivity index (χ1n) is 8.26. The molecule has 0 atom stereocenters. The van der Waals surface area contributed by atoms with Gasteiger partial charge < -0.3 is 4.90 Å². The van der Waals surface area contributed by atoms with E-state index in [4.69, 9.17) is 0 Å². The number of piperazine rings is 1. The summed E-state index contributed by atoms with van der Waals surface area (Å²) in [6, 6.07) is 12.6. The van der Waals surface area contributed by atoms with E-state index in [0.29, 0.717) is 0 Å². The molecule has 2 heterocycles. The third kappa shape index (κ3) is 4.01. The van der Waals surface area contributed by atoms with E-state index < -0.39 is 0 Å². The lowest BCUT2D eigenvalue weighted by molar-refractivity contribution is 0.0638. The van der Waals surface area contributed by atoms with Crippen molar-refractivity contribution in [2.24, 2.45) is 0 Å². The fraction of sp³-hybridized carbons (Fsp3) is 0.421. The van der Waals surface area contributed by atoms with Crippen molar-refractivity contribution in [3.05, 3.63) is 57.3 Å². The number of aryl methyl sites for hydroxylation is 2. The van der Waals surface area contributed by atoms with Gasteiger partial charge >= 0.3 is 0 Å². The maximum atomic E-state index is 12.6. The summed E-state index contributed by atoms with van der Waals surface area (Å²) >= 11 is 1.71. The van der Waals surface area contributed by atoms with Crippen molar-refractivity contribution in [1.29, 1.82) is 0 Å². The zero-order valence-electron chi connectivity index (χ0n) is 13.9. The summed E-state index contributed by atoms with van der Waals surface area (Å²) in [6.07, 6.45) is 1.08. The number of rotatable bonds is 4.